The average Bonchev–Trinajstić information content (AvgIpc) is 2.64. The summed E-state index contributed by atoms with van der Waals surface area (Å²) in [6, 6.07) is 5.58. The number of aryl methyl sites for hydroxylation is 1. The van der Waals surface area contributed by atoms with Crippen LogP contribution in [0.5, 0.6) is 0 Å². The number of aliphatic carboxylic acids is 1. The quantitative estimate of drug-likeness (QED) is 0.763. The van der Waals surface area contributed by atoms with Crippen molar-refractivity contribution in [2.45, 2.75) is 19.4 Å². The number of oxazole rings is 1. The summed E-state index contributed by atoms with van der Waals surface area (Å²) < 4.78 is 6.56. The van der Waals surface area contributed by atoms with Crippen molar-refractivity contribution >= 4 is 17.1 Å². The Morgan fingerprint density at radius 2 is 2.26 bits per heavy atom. The Morgan fingerprint density at radius 1 is 1.47 bits per heavy atom. The van der Waals surface area contributed by atoms with Gasteiger partial charge in [-0.3, -0.25) is 9.36 Å². The second-order valence-corrected chi connectivity index (χ2v) is 4.40. The van der Waals surface area contributed by atoms with Crippen molar-refractivity contribution in [2.24, 2.45) is 7.05 Å². The number of carboxylic acid groups (broad SMARTS) is 1. The Hall–Kier alpha value is -2.08. The summed E-state index contributed by atoms with van der Waals surface area (Å²) in [6.07, 6.45) is 0.762. The number of hydrogen-bond acceptors (Lipinski definition) is 4. The number of carboxylic acids is 1. The molecule has 0 radical (unpaired) electrons. The van der Waals surface area contributed by atoms with Crippen LogP contribution in [0, 0.1) is 0 Å². The van der Waals surface area contributed by atoms with Crippen molar-refractivity contribution in [3.63, 3.8) is 0 Å². The molecule has 0 aliphatic carbocycles. The first-order valence-electron chi connectivity index (χ1n) is 6.09. The molecule has 2 rings (SSSR count). The summed E-state index contributed by atoms with van der Waals surface area (Å²) in [5.41, 5.74) is 2.33. The van der Waals surface area contributed by atoms with Crippen LogP contribution < -0.4 is 11.1 Å². The van der Waals surface area contributed by atoms with Crippen molar-refractivity contribution in [1.82, 2.24) is 9.88 Å². The highest BCUT2D eigenvalue weighted by atomic mass is 16.4. The van der Waals surface area contributed by atoms with Crippen LogP contribution in [0.15, 0.2) is 27.4 Å². The van der Waals surface area contributed by atoms with Crippen LogP contribution in [-0.4, -0.2) is 22.2 Å². The lowest BCUT2D eigenvalue weighted by Gasteiger charge is -2.03. The van der Waals surface area contributed by atoms with Crippen molar-refractivity contribution in [3.05, 3.63) is 34.3 Å². The van der Waals surface area contributed by atoms with Gasteiger partial charge in [0, 0.05) is 20.0 Å². The molecule has 1 aromatic heterocycles. The molecule has 1 aromatic carbocycles. The minimum Gasteiger partial charge on any atom is -0.481 e. The maximum Gasteiger partial charge on any atom is 0.419 e. The third kappa shape index (κ3) is 3.23. The first-order chi connectivity index (χ1) is 9.08. The van der Waals surface area contributed by atoms with Gasteiger partial charge in [0.1, 0.15) is 0 Å². The molecular formula is C13H16N2O4. The van der Waals surface area contributed by atoms with E-state index in [0.717, 1.165) is 11.1 Å². The molecule has 0 aliphatic heterocycles. The number of hydrogen-bond donors (Lipinski definition) is 2. The Balaban J connectivity index is 1.94. The lowest BCUT2D eigenvalue weighted by atomic mass is 10.2. The first-order valence-corrected chi connectivity index (χ1v) is 6.09. The van der Waals surface area contributed by atoms with E-state index in [0.29, 0.717) is 25.1 Å². The van der Waals surface area contributed by atoms with E-state index in [1.54, 1.807) is 7.05 Å². The fourth-order valence-electron chi connectivity index (χ4n) is 1.89. The molecule has 1 heterocycles. The lowest BCUT2D eigenvalue weighted by Crippen LogP contribution is -2.15. The molecule has 0 fully saturated rings. The lowest BCUT2D eigenvalue weighted by molar-refractivity contribution is -0.137. The van der Waals surface area contributed by atoms with Gasteiger partial charge < -0.3 is 14.8 Å². The van der Waals surface area contributed by atoms with Crippen LogP contribution in [0.25, 0.3) is 11.1 Å². The van der Waals surface area contributed by atoms with Gasteiger partial charge in [-0.15, -0.1) is 0 Å². The second kappa shape index (κ2) is 5.71. The molecule has 6 nitrogen and oxygen atoms in total. The summed E-state index contributed by atoms with van der Waals surface area (Å²) in [5.74, 6) is -1.16. The third-order valence-corrected chi connectivity index (χ3v) is 2.93. The predicted molar refractivity (Wildman–Crippen MR) is 70.0 cm³/mol. The SMILES string of the molecule is Cn1c(=O)oc2cc(CNCCCC(=O)O)ccc21. The number of fused-ring (bicyclic) bond motifs is 1. The monoisotopic (exact) mass is 264 g/mol. The minimum atomic E-state index is -0.783. The van der Waals surface area contributed by atoms with E-state index in [1.807, 2.05) is 18.2 Å². The molecule has 0 unspecified atom stereocenters. The summed E-state index contributed by atoms with van der Waals surface area (Å²) in [6.45, 7) is 1.26. The molecule has 102 valence electrons. The number of carbonyl (C=O) groups is 1. The van der Waals surface area contributed by atoms with Gasteiger partial charge in [-0.25, -0.2) is 4.79 Å². The molecule has 6 heteroatoms. The second-order valence-electron chi connectivity index (χ2n) is 4.40. The van der Waals surface area contributed by atoms with Crippen LogP contribution in [0.3, 0.4) is 0 Å². The minimum absolute atomic E-state index is 0.166. The number of nitrogens with zero attached hydrogens (tertiary/aromatic N) is 1. The van der Waals surface area contributed by atoms with Gasteiger partial charge in [0.25, 0.3) is 0 Å². The Morgan fingerprint density at radius 3 is 3.00 bits per heavy atom. The van der Waals surface area contributed by atoms with E-state index in [4.69, 9.17) is 9.52 Å². The van der Waals surface area contributed by atoms with Crippen LogP contribution in [-0.2, 0) is 18.4 Å². The van der Waals surface area contributed by atoms with Crippen LogP contribution in [0.1, 0.15) is 18.4 Å². The summed E-state index contributed by atoms with van der Waals surface area (Å²) >= 11 is 0. The largest absolute Gasteiger partial charge is 0.481 e. The highest BCUT2D eigenvalue weighted by Crippen LogP contribution is 2.14. The molecular weight excluding hydrogens is 248 g/mol. The van der Waals surface area contributed by atoms with E-state index in [2.05, 4.69) is 5.32 Å². The van der Waals surface area contributed by atoms with Crippen molar-refractivity contribution < 1.29 is 14.3 Å². The summed E-state index contributed by atoms with van der Waals surface area (Å²) in [4.78, 5) is 21.7. The highest BCUT2D eigenvalue weighted by Gasteiger charge is 2.06. The normalized spacial score (nSPS) is 11.0. The smallest absolute Gasteiger partial charge is 0.419 e. The van der Waals surface area contributed by atoms with E-state index in [-0.39, 0.29) is 12.2 Å². The molecule has 0 aliphatic rings. The zero-order chi connectivity index (χ0) is 13.8. The molecule has 0 saturated heterocycles. The van der Waals surface area contributed by atoms with Gasteiger partial charge in [-0.2, -0.15) is 0 Å². The first kappa shape index (κ1) is 13.4. The standard InChI is InChI=1S/C13H16N2O4/c1-15-10-5-4-9(7-11(10)19-13(15)18)8-14-6-2-3-12(16)17/h4-5,7,14H,2-3,6,8H2,1H3,(H,16,17). The molecule has 2 aromatic rings. The summed E-state index contributed by atoms with van der Waals surface area (Å²) in [7, 11) is 1.66. The van der Waals surface area contributed by atoms with Crippen molar-refractivity contribution in [1.29, 1.82) is 0 Å². The zero-order valence-electron chi connectivity index (χ0n) is 10.7. The Kier molecular flexibility index (Phi) is 4.01. The molecule has 0 saturated carbocycles. The summed E-state index contributed by atoms with van der Waals surface area (Å²) in [5, 5.41) is 11.7. The van der Waals surface area contributed by atoms with Crippen LogP contribution >= 0.6 is 0 Å². The van der Waals surface area contributed by atoms with Crippen molar-refractivity contribution in [2.75, 3.05) is 6.54 Å². The van der Waals surface area contributed by atoms with Crippen molar-refractivity contribution in [3.8, 4) is 0 Å². The Bertz CT molecular complexity index is 642. The molecule has 19 heavy (non-hydrogen) atoms. The van der Waals surface area contributed by atoms with Gasteiger partial charge in [0.2, 0.25) is 0 Å². The maximum absolute atomic E-state index is 11.3. The zero-order valence-corrected chi connectivity index (χ0v) is 10.7. The number of benzene rings is 1. The van der Waals surface area contributed by atoms with Gasteiger partial charge in [-0.05, 0) is 30.7 Å². The molecule has 0 amide bonds. The van der Waals surface area contributed by atoms with Crippen LogP contribution in [0.4, 0.5) is 0 Å². The molecule has 0 atom stereocenters. The molecule has 0 bridgehead atoms. The fraction of sp³-hybridized carbons (Fsp3) is 0.385. The molecule has 2 N–H and O–H groups in total. The third-order valence-electron chi connectivity index (χ3n) is 2.93. The average molecular weight is 264 g/mol. The number of nitrogens with one attached hydrogen (secondary N) is 1. The predicted octanol–water partition coefficient (Wildman–Crippen LogP) is 1.09. The van der Waals surface area contributed by atoms with E-state index >= 15 is 0 Å². The fourth-order valence-corrected chi connectivity index (χ4v) is 1.89. The van der Waals surface area contributed by atoms with Gasteiger partial charge in [0.05, 0.1) is 5.52 Å². The maximum atomic E-state index is 11.3. The van der Waals surface area contributed by atoms with Crippen LogP contribution in [0.2, 0.25) is 0 Å². The van der Waals surface area contributed by atoms with Gasteiger partial charge in [-0.1, -0.05) is 6.07 Å². The highest BCUT2D eigenvalue weighted by molar-refractivity contribution is 5.73. The molecule has 0 spiro atoms. The topological polar surface area (TPSA) is 84.5 Å². The van der Waals surface area contributed by atoms with Gasteiger partial charge >= 0.3 is 11.7 Å². The number of rotatable bonds is 6. The van der Waals surface area contributed by atoms with E-state index < -0.39 is 5.97 Å². The Labute approximate surface area is 109 Å². The van der Waals surface area contributed by atoms with Gasteiger partial charge in [0.15, 0.2) is 5.58 Å². The number of aromatic nitrogens is 1. The van der Waals surface area contributed by atoms with E-state index in [1.165, 1.54) is 4.57 Å². The van der Waals surface area contributed by atoms with E-state index in [9.17, 15) is 9.59 Å².